The highest BCUT2D eigenvalue weighted by atomic mass is 35.5. The average molecular weight is 283 g/mol. The molecule has 1 aromatic rings. The minimum Gasteiger partial charge on any atom is -0.325 e. The van der Waals surface area contributed by atoms with Crippen LogP contribution >= 0.6 is 11.6 Å². The molecular formula is C14H16ClFN2O. The van der Waals surface area contributed by atoms with Crippen LogP contribution in [0.1, 0.15) is 19.3 Å². The maximum atomic E-state index is 13.3. The molecule has 0 radical (unpaired) electrons. The molecule has 2 aliphatic rings. The van der Waals surface area contributed by atoms with Gasteiger partial charge in [0.2, 0.25) is 5.91 Å². The number of anilines is 1. The van der Waals surface area contributed by atoms with Crippen LogP contribution in [-0.4, -0.2) is 18.5 Å². The maximum absolute atomic E-state index is 13.3. The van der Waals surface area contributed by atoms with Crippen molar-refractivity contribution in [1.82, 2.24) is 5.32 Å². The number of hydrogen-bond donors (Lipinski definition) is 2. The Morgan fingerprint density at radius 1 is 1.42 bits per heavy atom. The van der Waals surface area contributed by atoms with Crippen LogP contribution in [0.5, 0.6) is 0 Å². The van der Waals surface area contributed by atoms with Gasteiger partial charge in [0, 0.05) is 5.69 Å². The Kier molecular flexibility index (Phi) is 3.46. The summed E-state index contributed by atoms with van der Waals surface area (Å²) in [4.78, 5) is 12.2. The van der Waals surface area contributed by atoms with E-state index < -0.39 is 5.82 Å². The van der Waals surface area contributed by atoms with Crippen LogP contribution in [0.2, 0.25) is 5.02 Å². The number of fused-ring (bicyclic) bond motifs is 1. The zero-order valence-electron chi connectivity index (χ0n) is 10.5. The summed E-state index contributed by atoms with van der Waals surface area (Å²) in [5.41, 5.74) is 0.454. The van der Waals surface area contributed by atoms with E-state index in [1.807, 2.05) is 0 Å². The highest BCUT2D eigenvalue weighted by Gasteiger charge is 2.42. The van der Waals surface area contributed by atoms with E-state index in [4.69, 9.17) is 11.6 Å². The van der Waals surface area contributed by atoms with Gasteiger partial charge in [0.15, 0.2) is 0 Å². The first-order chi connectivity index (χ1) is 9.15. The Balaban J connectivity index is 1.69. The molecule has 3 nitrogen and oxygen atoms in total. The summed E-state index contributed by atoms with van der Waals surface area (Å²) >= 11 is 5.62. The number of rotatable bonds is 2. The Morgan fingerprint density at radius 2 is 2.26 bits per heavy atom. The highest BCUT2D eigenvalue weighted by molar-refractivity contribution is 6.30. The lowest BCUT2D eigenvalue weighted by Gasteiger charge is -2.17. The highest BCUT2D eigenvalue weighted by Crippen LogP contribution is 2.38. The summed E-state index contributed by atoms with van der Waals surface area (Å²) in [7, 11) is 0. The lowest BCUT2D eigenvalue weighted by Crippen LogP contribution is -2.39. The van der Waals surface area contributed by atoms with Gasteiger partial charge in [-0.05, 0) is 49.4 Å². The lowest BCUT2D eigenvalue weighted by atomic mass is 9.93. The summed E-state index contributed by atoms with van der Waals surface area (Å²) in [5, 5.41) is 6.10. The summed E-state index contributed by atoms with van der Waals surface area (Å²) < 4.78 is 13.3. The maximum Gasteiger partial charge on any atom is 0.241 e. The van der Waals surface area contributed by atoms with E-state index in [-0.39, 0.29) is 17.0 Å². The first-order valence-electron chi connectivity index (χ1n) is 6.64. The number of hydrogen-bond acceptors (Lipinski definition) is 2. The Labute approximate surface area is 116 Å². The molecule has 1 aliphatic heterocycles. The van der Waals surface area contributed by atoms with Crippen molar-refractivity contribution >= 4 is 23.2 Å². The van der Waals surface area contributed by atoms with Crippen molar-refractivity contribution in [3.63, 3.8) is 0 Å². The number of carbonyl (C=O) groups is 1. The number of benzene rings is 1. The lowest BCUT2D eigenvalue weighted by molar-refractivity contribution is -0.118. The second-order valence-corrected chi connectivity index (χ2v) is 5.77. The van der Waals surface area contributed by atoms with Gasteiger partial charge in [-0.2, -0.15) is 0 Å². The van der Waals surface area contributed by atoms with Crippen LogP contribution in [0.15, 0.2) is 18.2 Å². The fraction of sp³-hybridized carbons (Fsp3) is 0.500. The van der Waals surface area contributed by atoms with E-state index in [0.29, 0.717) is 17.5 Å². The minimum atomic E-state index is -0.516. The van der Waals surface area contributed by atoms with Crippen LogP contribution in [0, 0.1) is 17.7 Å². The molecule has 1 heterocycles. The number of nitrogens with one attached hydrogen (secondary N) is 2. The quantitative estimate of drug-likeness (QED) is 0.876. The van der Waals surface area contributed by atoms with Gasteiger partial charge in [0.25, 0.3) is 0 Å². The molecule has 1 amide bonds. The van der Waals surface area contributed by atoms with Crippen molar-refractivity contribution in [3.05, 3.63) is 29.0 Å². The number of amides is 1. The second-order valence-electron chi connectivity index (χ2n) is 5.36. The van der Waals surface area contributed by atoms with E-state index in [1.165, 1.54) is 25.0 Å². The minimum absolute atomic E-state index is 0.0628. The van der Waals surface area contributed by atoms with Gasteiger partial charge in [0.1, 0.15) is 5.82 Å². The smallest absolute Gasteiger partial charge is 0.241 e. The molecule has 0 spiro atoms. The van der Waals surface area contributed by atoms with Gasteiger partial charge in [-0.1, -0.05) is 18.0 Å². The molecule has 102 valence electrons. The molecule has 3 rings (SSSR count). The standard InChI is InChI=1S/C14H16ClFN2O/c15-11-5-4-9(6-12(11)16)18-14(19)13-10-3-1-2-8(10)7-17-13/h4-6,8,10,13,17H,1-3,7H2,(H,18,19). The van der Waals surface area contributed by atoms with E-state index >= 15 is 0 Å². The molecule has 2 fully saturated rings. The molecule has 2 N–H and O–H groups in total. The van der Waals surface area contributed by atoms with Gasteiger partial charge < -0.3 is 10.6 Å². The molecule has 3 atom stereocenters. The van der Waals surface area contributed by atoms with Crippen molar-refractivity contribution in [2.75, 3.05) is 11.9 Å². The molecule has 1 saturated heterocycles. The molecule has 0 bridgehead atoms. The van der Waals surface area contributed by atoms with Crippen LogP contribution in [-0.2, 0) is 4.79 Å². The summed E-state index contributed by atoms with van der Waals surface area (Å²) in [6.45, 7) is 0.914. The Bertz CT molecular complexity index is 508. The van der Waals surface area contributed by atoms with Crippen LogP contribution in [0.4, 0.5) is 10.1 Å². The van der Waals surface area contributed by atoms with E-state index in [1.54, 1.807) is 6.07 Å². The van der Waals surface area contributed by atoms with Gasteiger partial charge in [-0.15, -0.1) is 0 Å². The molecule has 1 saturated carbocycles. The topological polar surface area (TPSA) is 41.1 Å². The number of halogens is 2. The van der Waals surface area contributed by atoms with Crippen molar-refractivity contribution < 1.29 is 9.18 Å². The van der Waals surface area contributed by atoms with Crippen molar-refractivity contribution in [2.24, 2.45) is 11.8 Å². The molecule has 19 heavy (non-hydrogen) atoms. The molecule has 1 aromatic carbocycles. The van der Waals surface area contributed by atoms with Crippen LogP contribution in [0.3, 0.4) is 0 Å². The third-order valence-electron chi connectivity index (χ3n) is 4.22. The Morgan fingerprint density at radius 3 is 3.05 bits per heavy atom. The zero-order valence-corrected chi connectivity index (χ0v) is 11.2. The van der Waals surface area contributed by atoms with Gasteiger partial charge in [-0.3, -0.25) is 4.79 Å². The largest absolute Gasteiger partial charge is 0.325 e. The van der Waals surface area contributed by atoms with Crippen molar-refractivity contribution in [2.45, 2.75) is 25.3 Å². The van der Waals surface area contributed by atoms with Crippen molar-refractivity contribution in [3.8, 4) is 0 Å². The molecule has 1 aliphatic carbocycles. The monoisotopic (exact) mass is 282 g/mol. The first kappa shape index (κ1) is 12.9. The molecular weight excluding hydrogens is 267 g/mol. The van der Waals surface area contributed by atoms with E-state index in [2.05, 4.69) is 10.6 Å². The summed E-state index contributed by atoms with van der Waals surface area (Å²) in [6.07, 6.45) is 3.51. The van der Waals surface area contributed by atoms with Gasteiger partial charge >= 0.3 is 0 Å². The third-order valence-corrected chi connectivity index (χ3v) is 4.52. The number of carbonyl (C=O) groups excluding carboxylic acids is 1. The van der Waals surface area contributed by atoms with Gasteiger partial charge in [0.05, 0.1) is 11.1 Å². The second kappa shape index (κ2) is 5.10. The fourth-order valence-corrected chi connectivity index (χ4v) is 3.39. The van der Waals surface area contributed by atoms with E-state index in [0.717, 1.165) is 13.0 Å². The first-order valence-corrected chi connectivity index (χ1v) is 7.02. The van der Waals surface area contributed by atoms with Crippen LogP contribution < -0.4 is 10.6 Å². The predicted octanol–water partition coefficient (Wildman–Crippen LogP) is 2.81. The zero-order chi connectivity index (χ0) is 13.4. The summed E-state index contributed by atoms with van der Waals surface area (Å²) in [5.74, 6) is 0.462. The molecule has 0 aromatic heterocycles. The average Bonchev–Trinajstić information content (AvgIpc) is 2.95. The fourth-order valence-electron chi connectivity index (χ4n) is 3.27. The SMILES string of the molecule is O=C(Nc1ccc(Cl)c(F)c1)C1NCC2CCCC21. The predicted molar refractivity (Wildman–Crippen MR) is 72.7 cm³/mol. The summed E-state index contributed by atoms with van der Waals surface area (Å²) in [6, 6.07) is 4.17. The van der Waals surface area contributed by atoms with Crippen molar-refractivity contribution in [1.29, 1.82) is 0 Å². The molecule has 3 unspecified atom stereocenters. The molecule has 5 heteroatoms. The van der Waals surface area contributed by atoms with E-state index in [9.17, 15) is 9.18 Å². The van der Waals surface area contributed by atoms with Gasteiger partial charge in [-0.25, -0.2) is 4.39 Å². The Hall–Kier alpha value is -1.13. The normalized spacial score (nSPS) is 29.3. The third kappa shape index (κ3) is 2.47. The van der Waals surface area contributed by atoms with Crippen LogP contribution in [0.25, 0.3) is 0 Å².